The molecule has 0 spiro atoms. The van der Waals surface area contributed by atoms with Gasteiger partial charge in [-0.1, -0.05) is 23.8 Å². The van der Waals surface area contributed by atoms with Gasteiger partial charge < -0.3 is 11.1 Å². The molecule has 0 aromatic heterocycles. The van der Waals surface area contributed by atoms with E-state index in [1.54, 1.807) is 0 Å². The van der Waals surface area contributed by atoms with Gasteiger partial charge in [-0.15, -0.1) is 0 Å². The first-order valence-corrected chi connectivity index (χ1v) is 6.42. The highest BCUT2D eigenvalue weighted by molar-refractivity contribution is 5.78. The van der Waals surface area contributed by atoms with Gasteiger partial charge in [-0.25, -0.2) is 0 Å². The van der Waals surface area contributed by atoms with Gasteiger partial charge in [0.2, 0.25) is 0 Å². The Morgan fingerprint density at radius 3 is 2.50 bits per heavy atom. The highest BCUT2D eigenvalue weighted by atomic mass is 15.1. The van der Waals surface area contributed by atoms with Crippen molar-refractivity contribution >= 4 is 5.96 Å². The van der Waals surface area contributed by atoms with Crippen LogP contribution < -0.4 is 11.1 Å². The first-order chi connectivity index (χ1) is 8.28. The SMILES string of the molecule is Cc1ccc(CCN=C(N)NC(C)(C)C)c(C)c1. The molecule has 0 unspecified atom stereocenters. The van der Waals surface area contributed by atoms with Crippen molar-refractivity contribution in [2.75, 3.05) is 6.54 Å². The molecule has 3 N–H and O–H groups in total. The Kier molecular flexibility index (Phi) is 4.76. The maximum Gasteiger partial charge on any atom is 0.188 e. The molecule has 100 valence electrons. The predicted molar refractivity (Wildman–Crippen MR) is 79.0 cm³/mol. The molecule has 0 aliphatic rings. The van der Waals surface area contributed by atoms with E-state index in [1.165, 1.54) is 16.7 Å². The van der Waals surface area contributed by atoms with E-state index in [4.69, 9.17) is 5.73 Å². The molecule has 1 rings (SSSR count). The van der Waals surface area contributed by atoms with E-state index in [2.05, 4.69) is 63.1 Å². The quantitative estimate of drug-likeness (QED) is 0.637. The van der Waals surface area contributed by atoms with Gasteiger partial charge in [-0.2, -0.15) is 0 Å². The Morgan fingerprint density at radius 1 is 1.28 bits per heavy atom. The summed E-state index contributed by atoms with van der Waals surface area (Å²) < 4.78 is 0. The zero-order valence-electron chi connectivity index (χ0n) is 12.2. The molecule has 3 heteroatoms. The van der Waals surface area contributed by atoms with Crippen LogP contribution in [0.25, 0.3) is 0 Å². The first-order valence-electron chi connectivity index (χ1n) is 6.42. The lowest BCUT2D eigenvalue weighted by atomic mass is 10.0. The molecular formula is C15H25N3. The normalized spacial score (nSPS) is 12.6. The zero-order valence-corrected chi connectivity index (χ0v) is 12.2. The molecule has 0 radical (unpaired) electrons. The summed E-state index contributed by atoms with van der Waals surface area (Å²) in [6.07, 6.45) is 0.929. The third-order valence-electron chi connectivity index (χ3n) is 2.66. The van der Waals surface area contributed by atoms with Crippen LogP contribution >= 0.6 is 0 Å². The highest BCUT2D eigenvalue weighted by Crippen LogP contribution is 2.11. The van der Waals surface area contributed by atoms with Crippen molar-refractivity contribution in [1.29, 1.82) is 0 Å². The standard InChI is InChI=1S/C15H25N3/c1-11-6-7-13(12(2)10-11)8-9-17-14(16)18-15(3,4)5/h6-7,10H,8-9H2,1-5H3,(H3,16,17,18). The van der Waals surface area contributed by atoms with Gasteiger partial charge >= 0.3 is 0 Å². The molecule has 0 heterocycles. The molecule has 0 atom stereocenters. The number of aryl methyl sites for hydroxylation is 2. The molecule has 0 bridgehead atoms. The monoisotopic (exact) mass is 247 g/mol. The van der Waals surface area contributed by atoms with E-state index in [0.717, 1.165) is 13.0 Å². The molecule has 3 nitrogen and oxygen atoms in total. The zero-order chi connectivity index (χ0) is 13.8. The van der Waals surface area contributed by atoms with Crippen LogP contribution in [-0.2, 0) is 6.42 Å². The van der Waals surface area contributed by atoms with Crippen LogP contribution in [-0.4, -0.2) is 18.0 Å². The molecule has 0 aliphatic heterocycles. The summed E-state index contributed by atoms with van der Waals surface area (Å²) >= 11 is 0. The second kappa shape index (κ2) is 5.89. The Hall–Kier alpha value is -1.51. The Balaban J connectivity index is 2.53. The van der Waals surface area contributed by atoms with E-state index < -0.39 is 0 Å². The van der Waals surface area contributed by atoms with Crippen molar-refractivity contribution in [2.45, 2.75) is 46.6 Å². The topological polar surface area (TPSA) is 50.4 Å². The fourth-order valence-corrected chi connectivity index (χ4v) is 1.85. The number of hydrogen-bond donors (Lipinski definition) is 2. The minimum atomic E-state index is -0.0344. The van der Waals surface area contributed by atoms with Gasteiger partial charge in [0.15, 0.2) is 5.96 Å². The van der Waals surface area contributed by atoms with Gasteiger partial charge in [0.05, 0.1) is 0 Å². The Bertz CT molecular complexity index is 428. The minimum Gasteiger partial charge on any atom is -0.370 e. The average Bonchev–Trinajstić information content (AvgIpc) is 2.18. The van der Waals surface area contributed by atoms with Gasteiger partial charge in [-0.3, -0.25) is 4.99 Å². The summed E-state index contributed by atoms with van der Waals surface area (Å²) in [5.74, 6) is 0.521. The highest BCUT2D eigenvalue weighted by Gasteiger charge is 2.09. The molecule has 1 aromatic carbocycles. The molecule has 0 aliphatic carbocycles. The molecule has 0 saturated carbocycles. The summed E-state index contributed by atoms with van der Waals surface area (Å²) in [6, 6.07) is 6.52. The van der Waals surface area contributed by atoms with E-state index in [0.29, 0.717) is 5.96 Å². The third kappa shape index (κ3) is 5.21. The molecule has 18 heavy (non-hydrogen) atoms. The summed E-state index contributed by atoms with van der Waals surface area (Å²) in [6.45, 7) is 11.2. The Morgan fingerprint density at radius 2 is 1.94 bits per heavy atom. The molecule has 1 aromatic rings. The van der Waals surface area contributed by atoms with Crippen molar-refractivity contribution in [2.24, 2.45) is 10.7 Å². The van der Waals surface area contributed by atoms with Gasteiger partial charge in [0.25, 0.3) is 0 Å². The van der Waals surface area contributed by atoms with Crippen LogP contribution in [0.15, 0.2) is 23.2 Å². The second-order valence-electron chi connectivity index (χ2n) is 5.82. The van der Waals surface area contributed by atoms with Crippen LogP contribution in [0.5, 0.6) is 0 Å². The van der Waals surface area contributed by atoms with Crippen molar-refractivity contribution in [3.63, 3.8) is 0 Å². The lowest BCUT2D eigenvalue weighted by Crippen LogP contribution is -2.45. The maximum absolute atomic E-state index is 5.83. The van der Waals surface area contributed by atoms with Crippen LogP contribution in [0.2, 0.25) is 0 Å². The third-order valence-corrected chi connectivity index (χ3v) is 2.66. The van der Waals surface area contributed by atoms with Crippen LogP contribution in [0.4, 0.5) is 0 Å². The largest absolute Gasteiger partial charge is 0.370 e. The summed E-state index contributed by atoms with van der Waals surface area (Å²) in [7, 11) is 0. The van der Waals surface area contributed by atoms with E-state index in [-0.39, 0.29) is 5.54 Å². The van der Waals surface area contributed by atoms with E-state index in [1.807, 2.05) is 0 Å². The lowest BCUT2D eigenvalue weighted by molar-refractivity contribution is 0.508. The number of nitrogens with two attached hydrogens (primary N) is 1. The first kappa shape index (κ1) is 14.6. The van der Waals surface area contributed by atoms with Crippen LogP contribution in [0.3, 0.4) is 0 Å². The van der Waals surface area contributed by atoms with Gasteiger partial charge in [-0.05, 0) is 52.2 Å². The fraction of sp³-hybridized carbons (Fsp3) is 0.533. The number of hydrogen-bond acceptors (Lipinski definition) is 1. The van der Waals surface area contributed by atoms with E-state index in [9.17, 15) is 0 Å². The Labute approximate surface area is 111 Å². The van der Waals surface area contributed by atoms with Gasteiger partial charge in [0, 0.05) is 12.1 Å². The predicted octanol–water partition coefficient (Wildman–Crippen LogP) is 2.55. The summed E-state index contributed by atoms with van der Waals surface area (Å²) in [4.78, 5) is 4.35. The molecular weight excluding hydrogens is 222 g/mol. The maximum atomic E-state index is 5.83. The number of nitrogens with zero attached hydrogens (tertiary/aromatic N) is 1. The van der Waals surface area contributed by atoms with E-state index >= 15 is 0 Å². The van der Waals surface area contributed by atoms with Crippen LogP contribution in [0, 0.1) is 13.8 Å². The van der Waals surface area contributed by atoms with Crippen molar-refractivity contribution in [3.8, 4) is 0 Å². The number of nitrogens with one attached hydrogen (secondary N) is 1. The minimum absolute atomic E-state index is 0.0344. The number of rotatable bonds is 3. The summed E-state index contributed by atoms with van der Waals surface area (Å²) in [5, 5.41) is 3.16. The number of benzene rings is 1. The molecule has 0 fully saturated rings. The average molecular weight is 247 g/mol. The number of aliphatic imine (C=N–C) groups is 1. The van der Waals surface area contributed by atoms with Crippen molar-refractivity contribution < 1.29 is 0 Å². The molecule has 0 saturated heterocycles. The van der Waals surface area contributed by atoms with Crippen molar-refractivity contribution in [1.82, 2.24) is 5.32 Å². The van der Waals surface area contributed by atoms with Crippen molar-refractivity contribution in [3.05, 3.63) is 34.9 Å². The number of guanidine groups is 1. The lowest BCUT2D eigenvalue weighted by Gasteiger charge is -2.21. The summed E-state index contributed by atoms with van der Waals surface area (Å²) in [5.41, 5.74) is 9.76. The smallest absolute Gasteiger partial charge is 0.188 e. The fourth-order valence-electron chi connectivity index (χ4n) is 1.85. The van der Waals surface area contributed by atoms with Crippen LogP contribution in [0.1, 0.15) is 37.5 Å². The second-order valence-corrected chi connectivity index (χ2v) is 5.82. The molecule has 0 amide bonds. The van der Waals surface area contributed by atoms with Gasteiger partial charge in [0.1, 0.15) is 0 Å².